The molecule has 0 radical (unpaired) electrons. The summed E-state index contributed by atoms with van der Waals surface area (Å²) in [5.41, 5.74) is 1.62. The number of benzene rings is 1. The van der Waals surface area contributed by atoms with Crippen molar-refractivity contribution in [3.05, 3.63) is 35.3 Å². The Morgan fingerprint density at radius 1 is 1.46 bits per heavy atom. The number of aromatic nitrogens is 1. The number of carbonyl (C=O) groups is 1. The number of para-hydroxylation sites is 1. The van der Waals surface area contributed by atoms with Crippen LogP contribution in [0.2, 0.25) is 0 Å². The number of hydrogen-bond acceptors (Lipinski definition) is 4. The van der Waals surface area contributed by atoms with Crippen LogP contribution in [0.4, 0.5) is 4.39 Å². The van der Waals surface area contributed by atoms with Crippen molar-refractivity contribution in [3.63, 3.8) is 0 Å². The lowest BCUT2D eigenvalue weighted by molar-refractivity contribution is -0.136. The standard InChI is InChI=1S/C16H18FNO5S/c1-9-14(23-24(2,21)22)7-6-13-11(8-15(19)20)10-4-3-5-12(17)16(10)18(9)13/h3-5,9,14H,6-8H2,1-2H3,(H,19,20). The third kappa shape index (κ3) is 2.91. The predicted molar refractivity (Wildman–Crippen MR) is 86.0 cm³/mol. The predicted octanol–water partition coefficient (Wildman–Crippen LogP) is 2.26. The molecule has 2 unspecified atom stereocenters. The molecule has 0 fully saturated rings. The van der Waals surface area contributed by atoms with Crippen LogP contribution in [0.1, 0.15) is 30.6 Å². The fourth-order valence-electron chi connectivity index (χ4n) is 3.55. The summed E-state index contributed by atoms with van der Waals surface area (Å²) in [6.45, 7) is 1.76. The van der Waals surface area contributed by atoms with E-state index in [9.17, 15) is 22.7 Å². The third-order valence-electron chi connectivity index (χ3n) is 4.43. The molecule has 1 aliphatic rings. The first kappa shape index (κ1) is 16.9. The van der Waals surface area contributed by atoms with E-state index in [2.05, 4.69) is 0 Å². The van der Waals surface area contributed by atoms with Crippen molar-refractivity contribution in [2.45, 2.75) is 38.3 Å². The number of aliphatic carboxylic acids is 1. The van der Waals surface area contributed by atoms with Gasteiger partial charge in [-0.25, -0.2) is 4.39 Å². The SMILES string of the molecule is CC1C(OS(C)(=O)=O)CCc2c(CC(=O)O)c3cccc(F)c3n21. The molecule has 0 amide bonds. The summed E-state index contributed by atoms with van der Waals surface area (Å²) >= 11 is 0. The molecule has 0 aliphatic carbocycles. The van der Waals surface area contributed by atoms with Crippen molar-refractivity contribution >= 4 is 27.0 Å². The monoisotopic (exact) mass is 355 g/mol. The lowest BCUT2D eigenvalue weighted by Crippen LogP contribution is -2.33. The second-order valence-corrected chi connectivity index (χ2v) is 7.72. The Morgan fingerprint density at radius 3 is 2.79 bits per heavy atom. The van der Waals surface area contributed by atoms with E-state index in [1.54, 1.807) is 23.6 Å². The maximum absolute atomic E-state index is 14.4. The number of hydrogen-bond donors (Lipinski definition) is 1. The van der Waals surface area contributed by atoms with Crippen molar-refractivity contribution in [2.24, 2.45) is 0 Å². The number of halogens is 1. The lowest BCUT2D eigenvalue weighted by atomic mass is 9.97. The van der Waals surface area contributed by atoms with Crippen molar-refractivity contribution in [2.75, 3.05) is 6.26 Å². The highest BCUT2D eigenvalue weighted by molar-refractivity contribution is 7.86. The molecule has 2 heterocycles. The molecule has 3 rings (SSSR count). The van der Waals surface area contributed by atoms with E-state index in [-0.39, 0.29) is 6.42 Å². The molecule has 2 atom stereocenters. The van der Waals surface area contributed by atoms with E-state index in [0.29, 0.717) is 29.3 Å². The highest BCUT2D eigenvalue weighted by atomic mass is 32.2. The number of nitrogens with zero attached hydrogens (tertiary/aromatic N) is 1. The molecular formula is C16H18FNO5S. The summed E-state index contributed by atoms with van der Waals surface area (Å²) in [5.74, 6) is -1.45. The number of carboxylic acids is 1. The smallest absolute Gasteiger partial charge is 0.307 e. The zero-order valence-corrected chi connectivity index (χ0v) is 14.1. The van der Waals surface area contributed by atoms with Crippen molar-refractivity contribution in [1.82, 2.24) is 4.57 Å². The summed E-state index contributed by atoms with van der Waals surface area (Å²) in [6, 6.07) is 4.13. The Hall–Kier alpha value is -1.93. The summed E-state index contributed by atoms with van der Waals surface area (Å²) in [5, 5.41) is 9.73. The average Bonchev–Trinajstić information content (AvgIpc) is 2.76. The van der Waals surface area contributed by atoms with E-state index >= 15 is 0 Å². The van der Waals surface area contributed by atoms with Gasteiger partial charge in [0.2, 0.25) is 0 Å². The van der Waals surface area contributed by atoms with Crippen LogP contribution in [0.5, 0.6) is 0 Å². The second kappa shape index (κ2) is 5.86. The quantitative estimate of drug-likeness (QED) is 0.850. The Balaban J connectivity index is 2.20. The van der Waals surface area contributed by atoms with E-state index < -0.39 is 34.1 Å². The van der Waals surface area contributed by atoms with Crippen LogP contribution in [0, 0.1) is 5.82 Å². The molecule has 24 heavy (non-hydrogen) atoms. The molecule has 8 heteroatoms. The van der Waals surface area contributed by atoms with Crippen LogP contribution in [0.3, 0.4) is 0 Å². The first-order valence-corrected chi connectivity index (χ1v) is 9.41. The summed E-state index contributed by atoms with van der Waals surface area (Å²) in [4.78, 5) is 11.2. The summed E-state index contributed by atoms with van der Waals surface area (Å²) in [6.07, 6.45) is 1.03. The lowest BCUT2D eigenvalue weighted by Gasteiger charge is -2.32. The topological polar surface area (TPSA) is 85.6 Å². The molecule has 0 saturated carbocycles. The molecule has 130 valence electrons. The van der Waals surface area contributed by atoms with Gasteiger partial charge in [0.25, 0.3) is 10.1 Å². The Morgan fingerprint density at radius 2 is 2.17 bits per heavy atom. The van der Waals surface area contributed by atoms with Crippen LogP contribution in [0.15, 0.2) is 18.2 Å². The Kier molecular flexibility index (Phi) is 4.13. The minimum atomic E-state index is -3.64. The minimum Gasteiger partial charge on any atom is -0.481 e. The first-order valence-electron chi connectivity index (χ1n) is 7.59. The van der Waals surface area contributed by atoms with Crippen LogP contribution >= 0.6 is 0 Å². The third-order valence-corrected chi connectivity index (χ3v) is 5.03. The molecule has 2 aromatic rings. The normalized spacial score (nSPS) is 21.0. The maximum Gasteiger partial charge on any atom is 0.307 e. The van der Waals surface area contributed by atoms with E-state index in [1.807, 2.05) is 0 Å². The van der Waals surface area contributed by atoms with Crippen LogP contribution in [-0.4, -0.2) is 36.4 Å². The Labute approximate surface area is 139 Å². The van der Waals surface area contributed by atoms with Gasteiger partial charge in [0, 0.05) is 11.1 Å². The van der Waals surface area contributed by atoms with Crippen molar-refractivity contribution < 1.29 is 26.9 Å². The minimum absolute atomic E-state index is 0.202. The largest absolute Gasteiger partial charge is 0.481 e. The molecule has 1 aliphatic heterocycles. The molecule has 0 bridgehead atoms. The number of rotatable bonds is 4. The van der Waals surface area contributed by atoms with Gasteiger partial charge < -0.3 is 9.67 Å². The number of fused-ring (bicyclic) bond motifs is 3. The highest BCUT2D eigenvalue weighted by Gasteiger charge is 2.34. The van der Waals surface area contributed by atoms with Gasteiger partial charge in [-0.15, -0.1) is 0 Å². The fourth-order valence-corrected chi connectivity index (χ4v) is 4.25. The van der Waals surface area contributed by atoms with Gasteiger partial charge >= 0.3 is 5.97 Å². The fraction of sp³-hybridized carbons (Fsp3) is 0.438. The van der Waals surface area contributed by atoms with Crippen LogP contribution in [0.25, 0.3) is 10.9 Å². The van der Waals surface area contributed by atoms with Crippen molar-refractivity contribution in [3.8, 4) is 0 Å². The first-order chi connectivity index (χ1) is 11.2. The van der Waals surface area contributed by atoms with Gasteiger partial charge in [-0.05, 0) is 31.4 Å². The molecule has 1 aromatic heterocycles. The van der Waals surface area contributed by atoms with Crippen LogP contribution in [-0.2, 0) is 31.9 Å². The Bertz CT molecular complexity index is 918. The molecule has 0 saturated heterocycles. The summed E-state index contributed by atoms with van der Waals surface area (Å²) in [7, 11) is -3.64. The highest BCUT2D eigenvalue weighted by Crippen LogP contribution is 2.38. The van der Waals surface area contributed by atoms with Crippen molar-refractivity contribution in [1.29, 1.82) is 0 Å². The zero-order chi connectivity index (χ0) is 17.6. The average molecular weight is 355 g/mol. The van der Waals surface area contributed by atoms with E-state index in [4.69, 9.17) is 4.18 Å². The van der Waals surface area contributed by atoms with Gasteiger partial charge in [0.15, 0.2) is 0 Å². The van der Waals surface area contributed by atoms with E-state index in [0.717, 1.165) is 11.9 Å². The van der Waals surface area contributed by atoms with E-state index in [1.165, 1.54) is 6.07 Å². The maximum atomic E-state index is 14.4. The zero-order valence-electron chi connectivity index (χ0n) is 13.3. The van der Waals surface area contributed by atoms with Gasteiger partial charge in [-0.2, -0.15) is 8.42 Å². The van der Waals surface area contributed by atoms with Gasteiger partial charge in [0.05, 0.1) is 30.3 Å². The molecule has 0 spiro atoms. The van der Waals surface area contributed by atoms with Crippen LogP contribution < -0.4 is 0 Å². The van der Waals surface area contributed by atoms with Gasteiger partial charge in [0.1, 0.15) is 5.82 Å². The molecule has 6 nitrogen and oxygen atoms in total. The molecule has 1 aromatic carbocycles. The van der Waals surface area contributed by atoms with Gasteiger partial charge in [-0.1, -0.05) is 12.1 Å². The summed E-state index contributed by atoms with van der Waals surface area (Å²) < 4.78 is 44.2. The number of carboxylic acid groups (broad SMARTS) is 1. The molecule has 1 N–H and O–H groups in total. The van der Waals surface area contributed by atoms with Gasteiger partial charge in [-0.3, -0.25) is 8.98 Å². The molecular weight excluding hydrogens is 337 g/mol. The second-order valence-electron chi connectivity index (χ2n) is 6.12.